The standard InChI is InChI=1S/C14H11FN2O2/c15-10-3-1-2-8(6-10)13(17)11-7-9(14(18)19)4-5-12(11)16/h1-7,17H,16H2,(H,18,19). The van der Waals surface area contributed by atoms with Crippen LogP contribution < -0.4 is 5.73 Å². The summed E-state index contributed by atoms with van der Waals surface area (Å²) < 4.78 is 13.1. The van der Waals surface area contributed by atoms with Crippen LogP contribution in [0.1, 0.15) is 21.5 Å². The molecule has 0 unspecified atom stereocenters. The summed E-state index contributed by atoms with van der Waals surface area (Å²) in [7, 11) is 0. The van der Waals surface area contributed by atoms with Gasteiger partial charge in [-0.15, -0.1) is 0 Å². The van der Waals surface area contributed by atoms with Crippen molar-refractivity contribution < 1.29 is 14.3 Å². The lowest BCUT2D eigenvalue weighted by Gasteiger charge is -2.09. The Bertz CT molecular complexity index is 668. The predicted molar refractivity (Wildman–Crippen MR) is 70.1 cm³/mol. The van der Waals surface area contributed by atoms with Gasteiger partial charge < -0.3 is 10.8 Å². The van der Waals surface area contributed by atoms with E-state index in [-0.39, 0.29) is 22.5 Å². The van der Waals surface area contributed by atoms with Crippen molar-refractivity contribution in [2.75, 3.05) is 5.73 Å². The summed E-state index contributed by atoms with van der Waals surface area (Å²) >= 11 is 0. The molecule has 0 radical (unpaired) electrons. The van der Waals surface area contributed by atoms with Crippen molar-refractivity contribution in [3.05, 3.63) is 65.0 Å². The van der Waals surface area contributed by atoms with Crippen LogP contribution in [0.15, 0.2) is 42.5 Å². The molecule has 2 rings (SSSR count). The first-order chi connectivity index (χ1) is 8.99. The topological polar surface area (TPSA) is 87.2 Å². The van der Waals surface area contributed by atoms with Gasteiger partial charge in [0.1, 0.15) is 5.82 Å². The monoisotopic (exact) mass is 258 g/mol. The zero-order valence-corrected chi connectivity index (χ0v) is 9.85. The summed E-state index contributed by atoms with van der Waals surface area (Å²) in [5.74, 6) is -1.57. The molecule has 0 aliphatic heterocycles. The summed E-state index contributed by atoms with van der Waals surface area (Å²) in [6.07, 6.45) is 0. The number of hydrogen-bond donors (Lipinski definition) is 3. The molecule has 0 saturated carbocycles. The number of nitrogens with two attached hydrogens (primary N) is 1. The summed E-state index contributed by atoms with van der Waals surface area (Å²) in [4.78, 5) is 10.9. The molecular weight excluding hydrogens is 247 g/mol. The maximum Gasteiger partial charge on any atom is 0.335 e. The number of aromatic carboxylic acids is 1. The van der Waals surface area contributed by atoms with E-state index in [1.807, 2.05) is 0 Å². The second-order valence-corrected chi connectivity index (χ2v) is 3.99. The van der Waals surface area contributed by atoms with E-state index >= 15 is 0 Å². The molecule has 0 aliphatic rings. The van der Waals surface area contributed by atoms with Crippen molar-refractivity contribution in [1.82, 2.24) is 0 Å². The fourth-order valence-corrected chi connectivity index (χ4v) is 1.71. The number of rotatable bonds is 3. The quantitative estimate of drug-likeness (QED) is 0.584. The molecule has 4 nitrogen and oxygen atoms in total. The molecule has 19 heavy (non-hydrogen) atoms. The Labute approximate surface area is 108 Å². The van der Waals surface area contributed by atoms with Crippen molar-refractivity contribution in [1.29, 1.82) is 5.41 Å². The van der Waals surface area contributed by atoms with Gasteiger partial charge in [-0.3, -0.25) is 5.41 Å². The van der Waals surface area contributed by atoms with Gasteiger partial charge in [-0.1, -0.05) is 12.1 Å². The summed E-state index contributed by atoms with van der Waals surface area (Å²) in [5.41, 5.74) is 6.65. The van der Waals surface area contributed by atoms with Crippen LogP contribution in [0.2, 0.25) is 0 Å². The van der Waals surface area contributed by atoms with Crippen molar-refractivity contribution >= 4 is 17.4 Å². The fourth-order valence-electron chi connectivity index (χ4n) is 1.71. The first kappa shape index (κ1) is 12.8. The highest BCUT2D eigenvalue weighted by atomic mass is 19.1. The number of anilines is 1. The third-order valence-corrected chi connectivity index (χ3v) is 2.68. The lowest BCUT2D eigenvalue weighted by atomic mass is 9.99. The first-order valence-electron chi connectivity index (χ1n) is 5.46. The van der Waals surface area contributed by atoms with Crippen LogP contribution in [0, 0.1) is 11.2 Å². The van der Waals surface area contributed by atoms with Gasteiger partial charge in [-0.25, -0.2) is 9.18 Å². The largest absolute Gasteiger partial charge is 0.478 e. The predicted octanol–water partition coefficient (Wildman–Crippen LogP) is 2.52. The molecule has 0 amide bonds. The van der Waals surface area contributed by atoms with Crippen LogP contribution in [0.3, 0.4) is 0 Å². The van der Waals surface area contributed by atoms with Crippen molar-refractivity contribution in [2.24, 2.45) is 0 Å². The normalized spacial score (nSPS) is 10.2. The third kappa shape index (κ3) is 2.60. The molecule has 0 atom stereocenters. The van der Waals surface area contributed by atoms with Gasteiger partial charge >= 0.3 is 5.97 Å². The Morgan fingerprint density at radius 3 is 2.53 bits per heavy atom. The van der Waals surface area contributed by atoms with Crippen LogP contribution >= 0.6 is 0 Å². The van der Waals surface area contributed by atoms with Crippen LogP contribution in [-0.2, 0) is 0 Å². The highest BCUT2D eigenvalue weighted by molar-refractivity contribution is 6.14. The molecule has 0 aromatic heterocycles. The number of benzene rings is 2. The number of hydrogen-bond acceptors (Lipinski definition) is 3. The third-order valence-electron chi connectivity index (χ3n) is 2.68. The van der Waals surface area contributed by atoms with Crippen molar-refractivity contribution in [2.45, 2.75) is 0 Å². The van der Waals surface area contributed by atoms with Gasteiger partial charge in [0, 0.05) is 16.8 Å². The molecule has 2 aromatic carbocycles. The minimum Gasteiger partial charge on any atom is -0.478 e. The second-order valence-electron chi connectivity index (χ2n) is 3.99. The number of carboxylic acid groups (broad SMARTS) is 1. The Kier molecular flexibility index (Phi) is 3.29. The van der Waals surface area contributed by atoms with E-state index in [4.69, 9.17) is 16.2 Å². The lowest BCUT2D eigenvalue weighted by Crippen LogP contribution is -2.08. The number of carbonyl (C=O) groups is 1. The molecule has 0 heterocycles. The summed E-state index contributed by atoms with van der Waals surface area (Å²) in [5, 5.41) is 16.9. The van der Waals surface area contributed by atoms with E-state index in [2.05, 4.69) is 0 Å². The Hall–Kier alpha value is -2.69. The maximum atomic E-state index is 13.1. The van der Waals surface area contributed by atoms with Crippen LogP contribution in [0.4, 0.5) is 10.1 Å². The summed E-state index contributed by atoms with van der Waals surface area (Å²) in [6, 6.07) is 9.62. The molecule has 0 bridgehead atoms. The molecular formula is C14H11FN2O2. The van der Waals surface area contributed by atoms with Crippen LogP contribution in [-0.4, -0.2) is 16.8 Å². The van der Waals surface area contributed by atoms with E-state index in [1.54, 1.807) is 6.07 Å². The molecule has 96 valence electrons. The minimum atomic E-state index is -1.10. The average Bonchev–Trinajstić information content (AvgIpc) is 2.38. The fraction of sp³-hybridized carbons (Fsp3) is 0. The Morgan fingerprint density at radius 2 is 1.89 bits per heavy atom. The molecule has 0 spiro atoms. The van der Waals surface area contributed by atoms with Gasteiger partial charge in [0.25, 0.3) is 0 Å². The average molecular weight is 258 g/mol. The molecule has 5 heteroatoms. The van der Waals surface area contributed by atoms with Crippen LogP contribution in [0.25, 0.3) is 0 Å². The van der Waals surface area contributed by atoms with Gasteiger partial charge in [0.2, 0.25) is 0 Å². The minimum absolute atomic E-state index is 0.0138. The smallest absolute Gasteiger partial charge is 0.335 e. The lowest BCUT2D eigenvalue weighted by molar-refractivity contribution is 0.0697. The highest BCUT2D eigenvalue weighted by Gasteiger charge is 2.12. The second kappa shape index (κ2) is 4.89. The van der Waals surface area contributed by atoms with E-state index in [1.165, 1.54) is 36.4 Å². The molecule has 4 N–H and O–H groups in total. The van der Waals surface area contributed by atoms with Gasteiger partial charge in [0.15, 0.2) is 0 Å². The van der Waals surface area contributed by atoms with Crippen molar-refractivity contribution in [3.63, 3.8) is 0 Å². The number of nitrogen functional groups attached to an aromatic ring is 1. The van der Waals surface area contributed by atoms with E-state index in [0.717, 1.165) is 0 Å². The zero-order chi connectivity index (χ0) is 14.0. The molecule has 0 aliphatic carbocycles. The van der Waals surface area contributed by atoms with Crippen LogP contribution in [0.5, 0.6) is 0 Å². The molecule has 0 fully saturated rings. The molecule has 0 saturated heterocycles. The summed E-state index contributed by atoms with van der Waals surface area (Å²) in [6.45, 7) is 0. The van der Waals surface area contributed by atoms with Gasteiger partial charge in [-0.05, 0) is 30.3 Å². The molecule has 2 aromatic rings. The number of carboxylic acids is 1. The maximum absolute atomic E-state index is 13.1. The van der Waals surface area contributed by atoms with E-state index in [0.29, 0.717) is 5.56 Å². The van der Waals surface area contributed by atoms with E-state index < -0.39 is 11.8 Å². The van der Waals surface area contributed by atoms with Crippen molar-refractivity contribution in [3.8, 4) is 0 Å². The number of nitrogens with one attached hydrogen (secondary N) is 1. The zero-order valence-electron chi connectivity index (χ0n) is 9.85. The number of halogens is 1. The SMILES string of the molecule is N=C(c1cccc(F)c1)c1cc(C(=O)O)ccc1N. The van der Waals surface area contributed by atoms with E-state index in [9.17, 15) is 9.18 Å². The first-order valence-corrected chi connectivity index (χ1v) is 5.46. The van der Waals surface area contributed by atoms with Gasteiger partial charge in [-0.2, -0.15) is 0 Å². The highest BCUT2D eigenvalue weighted by Crippen LogP contribution is 2.19. The Balaban J connectivity index is 2.49. The Morgan fingerprint density at radius 1 is 1.16 bits per heavy atom. The van der Waals surface area contributed by atoms with Gasteiger partial charge in [0.05, 0.1) is 11.3 Å².